The predicted molar refractivity (Wildman–Crippen MR) is 103 cm³/mol. The van der Waals surface area contributed by atoms with Crippen LogP contribution in [-0.4, -0.2) is 18.1 Å². The Hall–Kier alpha value is -2.50. The minimum atomic E-state index is -4.34. The van der Waals surface area contributed by atoms with Gasteiger partial charge in [0, 0.05) is 16.9 Å². The molecule has 2 aromatic carbocycles. The maximum atomic E-state index is 13.2. The van der Waals surface area contributed by atoms with Gasteiger partial charge in [0.25, 0.3) is 5.91 Å². The van der Waals surface area contributed by atoms with E-state index in [1.165, 1.54) is 6.07 Å². The Morgan fingerprint density at radius 2 is 1.70 bits per heavy atom. The summed E-state index contributed by atoms with van der Waals surface area (Å²) >= 11 is 0. The van der Waals surface area contributed by atoms with Gasteiger partial charge in [-0.25, -0.2) is 0 Å². The van der Waals surface area contributed by atoms with E-state index in [1.54, 1.807) is 44.2 Å². The molecular formula is C21H25F3N2O. The van der Waals surface area contributed by atoms with Crippen LogP contribution in [0.1, 0.15) is 43.1 Å². The van der Waals surface area contributed by atoms with Crippen LogP contribution in [0, 0.1) is 5.92 Å². The summed E-state index contributed by atoms with van der Waals surface area (Å²) in [6.07, 6.45) is -3.65. The van der Waals surface area contributed by atoms with Crippen LogP contribution in [0.4, 0.5) is 24.5 Å². The second kappa shape index (κ2) is 8.93. The zero-order valence-corrected chi connectivity index (χ0v) is 15.7. The Morgan fingerprint density at radius 1 is 1.04 bits per heavy atom. The van der Waals surface area contributed by atoms with Crippen molar-refractivity contribution in [3.05, 3.63) is 59.7 Å². The standard InChI is InChI=1S/C21H25F3N2O/c1-4-15-8-5-6-11-18(15)20(27)26-17-10-7-9-16(13-17)25-19(12-14(2)3)21(22,23)24/h5-11,13-14,19,25H,4,12H2,1-3H3,(H,26,27). The number of aryl methyl sites for hydroxylation is 1. The third-order valence-electron chi connectivity index (χ3n) is 4.21. The number of anilines is 2. The molecule has 0 heterocycles. The van der Waals surface area contributed by atoms with E-state index in [1.807, 2.05) is 19.1 Å². The molecule has 6 heteroatoms. The SMILES string of the molecule is CCc1ccccc1C(=O)Nc1cccc(NC(CC(C)C)C(F)(F)F)c1. The molecule has 2 aromatic rings. The summed E-state index contributed by atoms with van der Waals surface area (Å²) < 4.78 is 39.7. The highest BCUT2D eigenvalue weighted by atomic mass is 19.4. The minimum Gasteiger partial charge on any atom is -0.374 e. The van der Waals surface area contributed by atoms with Crippen LogP contribution >= 0.6 is 0 Å². The van der Waals surface area contributed by atoms with Crippen LogP contribution in [0.2, 0.25) is 0 Å². The number of amides is 1. The fourth-order valence-corrected chi connectivity index (χ4v) is 2.88. The highest BCUT2D eigenvalue weighted by Crippen LogP contribution is 2.29. The maximum Gasteiger partial charge on any atom is 0.408 e. The lowest BCUT2D eigenvalue weighted by molar-refractivity contribution is -0.145. The Morgan fingerprint density at radius 3 is 2.33 bits per heavy atom. The van der Waals surface area contributed by atoms with Crippen LogP contribution in [0.15, 0.2) is 48.5 Å². The largest absolute Gasteiger partial charge is 0.408 e. The smallest absolute Gasteiger partial charge is 0.374 e. The lowest BCUT2D eigenvalue weighted by Gasteiger charge is -2.24. The predicted octanol–water partition coefficient (Wildman–Crippen LogP) is 5.89. The second-order valence-electron chi connectivity index (χ2n) is 6.91. The monoisotopic (exact) mass is 378 g/mol. The van der Waals surface area contributed by atoms with Gasteiger partial charge in [0.2, 0.25) is 0 Å². The third kappa shape index (κ3) is 6.01. The fraction of sp³-hybridized carbons (Fsp3) is 0.381. The molecule has 0 spiro atoms. The van der Waals surface area contributed by atoms with Gasteiger partial charge in [0.15, 0.2) is 0 Å². The number of nitrogens with one attached hydrogen (secondary N) is 2. The number of benzene rings is 2. The molecule has 3 nitrogen and oxygen atoms in total. The van der Waals surface area contributed by atoms with Gasteiger partial charge in [-0.15, -0.1) is 0 Å². The Balaban J connectivity index is 2.16. The molecule has 1 unspecified atom stereocenters. The van der Waals surface area contributed by atoms with Crippen molar-refractivity contribution in [1.29, 1.82) is 0 Å². The third-order valence-corrected chi connectivity index (χ3v) is 4.21. The molecular weight excluding hydrogens is 353 g/mol. The second-order valence-corrected chi connectivity index (χ2v) is 6.91. The Kier molecular flexibility index (Phi) is 6.88. The van der Waals surface area contributed by atoms with Crippen LogP contribution in [-0.2, 0) is 6.42 Å². The highest BCUT2D eigenvalue weighted by Gasteiger charge is 2.39. The Labute approximate surface area is 158 Å². The first-order valence-electron chi connectivity index (χ1n) is 9.03. The zero-order valence-electron chi connectivity index (χ0n) is 15.7. The molecule has 1 amide bonds. The van der Waals surface area contributed by atoms with Crippen molar-refractivity contribution in [3.8, 4) is 0 Å². The Bertz CT molecular complexity index is 772. The van der Waals surface area contributed by atoms with Crippen molar-refractivity contribution in [1.82, 2.24) is 0 Å². The lowest BCUT2D eigenvalue weighted by atomic mass is 10.0. The number of rotatable bonds is 7. The van der Waals surface area contributed by atoms with E-state index in [4.69, 9.17) is 0 Å². The quantitative estimate of drug-likeness (QED) is 0.631. The summed E-state index contributed by atoms with van der Waals surface area (Å²) in [6.45, 7) is 5.47. The molecule has 0 aromatic heterocycles. The molecule has 0 bridgehead atoms. The molecule has 2 N–H and O–H groups in total. The van der Waals surface area contributed by atoms with Gasteiger partial charge in [-0.3, -0.25) is 4.79 Å². The van der Waals surface area contributed by atoms with Crippen LogP contribution < -0.4 is 10.6 Å². The highest BCUT2D eigenvalue weighted by molar-refractivity contribution is 6.05. The van der Waals surface area contributed by atoms with E-state index in [0.717, 1.165) is 5.56 Å². The van der Waals surface area contributed by atoms with Gasteiger partial charge in [-0.2, -0.15) is 13.2 Å². The van der Waals surface area contributed by atoms with Gasteiger partial charge in [-0.1, -0.05) is 45.0 Å². The van der Waals surface area contributed by atoms with Crippen LogP contribution in [0.3, 0.4) is 0 Å². The first-order valence-corrected chi connectivity index (χ1v) is 9.03. The first kappa shape index (κ1) is 20.8. The molecule has 0 aliphatic rings. The molecule has 0 saturated heterocycles. The summed E-state index contributed by atoms with van der Waals surface area (Å²) in [6, 6.07) is 12.0. The molecule has 0 saturated carbocycles. The summed E-state index contributed by atoms with van der Waals surface area (Å²) in [7, 11) is 0. The van der Waals surface area contributed by atoms with Gasteiger partial charge >= 0.3 is 6.18 Å². The molecule has 2 rings (SSSR count). The minimum absolute atomic E-state index is 0.0238. The first-order chi connectivity index (χ1) is 12.7. The van der Waals surface area contributed by atoms with E-state index in [9.17, 15) is 18.0 Å². The van der Waals surface area contributed by atoms with Gasteiger partial charge in [0.1, 0.15) is 6.04 Å². The average molecular weight is 378 g/mol. The van der Waals surface area contributed by atoms with Gasteiger partial charge < -0.3 is 10.6 Å². The lowest BCUT2D eigenvalue weighted by Crippen LogP contribution is -2.37. The number of halogens is 3. The number of hydrogen-bond donors (Lipinski definition) is 2. The topological polar surface area (TPSA) is 41.1 Å². The number of alkyl halides is 3. The van der Waals surface area contributed by atoms with E-state index >= 15 is 0 Å². The maximum absolute atomic E-state index is 13.2. The van der Waals surface area contributed by atoms with Crippen molar-refractivity contribution in [2.75, 3.05) is 10.6 Å². The fourth-order valence-electron chi connectivity index (χ4n) is 2.88. The summed E-state index contributed by atoms with van der Waals surface area (Å²) in [5, 5.41) is 5.32. The molecule has 0 aliphatic carbocycles. The van der Waals surface area contributed by atoms with E-state index in [2.05, 4.69) is 10.6 Å². The zero-order chi connectivity index (χ0) is 20.0. The molecule has 27 heavy (non-hydrogen) atoms. The molecule has 146 valence electrons. The summed E-state index contributed by atoms with van der Waals surface area (Å²) in [4.78, 5) is 12.5. The molecule has 0 fully saturated rings. The van der Waals surface area contributed by atoms with Crippen molar-refractivity contribution >= 4 is 17.3 Å². The van der Waals surface area contributed by atoms with Crippen LogP contribution in [0.25, 0.3) is 0 Å². The van der Waals surface area contributed by atoms with Crippen molar-refractivity contribution in [3.63, 3.8) is 0 Å². The van der Waals surface area contributed by atoms with Crippen LogP contribution in [0.5, 0.6) is 0 Å². The summed E-state index contributed by atoms with van der Waals surface area (Å²) in [5.74, 6) is -0.378. The normalized spacial score (nSPS) is 12.7. The van der Waals surface area contributed by atoms with E-state index < -0.39 is 12.2 Å². The summed E-state index contributed by atoms with van der Waals surface area (Å²) in [5.41, 5.74) is 2.24. The molecule has 0 aliphatic heterocycles. The van der Waals surface area contributed by atoms with Crippen molar-refractivity contribution < 1.29 is 18.0 Å². The number of carbonyl (C=O) groups is 1. The number of carbonyl (C=O) groups excluding carboxylic acids is 1. The van der Waals surface area contributed by atoms with E-state index in [0.29, 0.717) is 23.4 Å². The van der Waals surface area contributed by atoms with Gasteiger partial charge in [-0.05, 0) is 48.6 Å². The molecule has 0 radical (unpaired) electrons. The van der Waals surface area contributed by atoms with E-state index in [-0.39, 0.29) is 18.2 Å². The van der Waals surface area contributed by atoms with Crippen molar-refractivity contribution in [2.45, 2.75) is 45.8 Å². The molecule has 1 atom stereocenters. The number of hydrogen-bond acceptors (Lipinski definition) is 2. The van der Waals surface area contributed by atoms with Gasteiger partial charge in [0.05, 0.1) is 0 Å². The average Bonchev–Trinajstić information content (AvgIpc) is 2.60. The van der Waals surface area contributed by atoms with Crippen molar-refractivity contribution in [2.24, 2.45) is 5.92 Å².